The number of carbonyl (C=O) groups is 2. The van der Waals surface area contributed by atoms with Crippen molar-refractivity contribution in [1.29, 1.82) is 0 Å². The number of nitrogens with one attached hydrogen (secondary N) is 1. The minimum Gasteiger partial charge on any atom is -0.450 e. The van der Waals surface area contributed by atoms with E-state index in [1.54, 1.807) is 27.7 Å². The van der Waals surface area contributed by atoms with E-state index in [4.69, 9.17) is 14.6 Å². The van der Waals surface area contributed by atoms with Gasteiger partial charge in [0.05, 0.1) is 25.4 Å². The molecule has 0 aromatic heterocycles. The van der Waals surface area contributed by atoms with Crippen LogP contribution >= 0.6 is 0 Å². The van der Waals surface area contributed by atoms with E-state index in [1.165, 1.54) is 4.90 Å². The number of ether oxygens (including phenoxy) is 2. The molecule has 2 amide bonds. The van der Waals surface area contributed by atoms with Crippen LogP contribution in [0.15, 0.2) is 0 Å². The van der Waals surface area contributed by atoms with Gasteiger partial charge in [0.2, 0.25) is 0 Å². The lowest BCUT2D eigenvalue weighted by molar-refractivity contribution is 0.0841. The number of alkyl carbamates (subject to hydrolysis) is 1. The Morgan fingerprint density at radius 3 is 2.26 bits per heavy atom. The highest BCUT2D eigenvalue weighted by atomic mass is 16.6. The molecule has 0 aliphatic rings. The van der Waals surface area contributed by atoms with Crippen molar-refractivity contribution in [2.24, 2.45) is 0 Å². The fourth-order valence-corrected chi connectivity index (χ4v) is 1.53. The number of amides is 2. The Morgan fingerprint density at radius 2 is 1.79 bits per heavy atom. The summed E-state index contributed by atoms with van der Waals surface area (Å²) in [6.45, 7) is 7.65. The van der Waals surface area contributed by atoms with Crippen LogP contribution < -0.4 is 5.32 Å². The second-order valence-corrected chi connectivity index (χ2v) is 4.57. The average molecular weight is 276 g/mol. The topological polar surface area (TPSA) is 88.1 Å². The molecule has 7 heteroatoms. The summed E-state index contributed by atoms with van der Waals surface area (Å²) in [5.41, 5.74) is -0.686. The molecule has 0 unspecified atom stereocenters. The van der Waals surface area contributed by atoms with Gasteiger partial charge < -0.3 is 24.8 Å². The van der Waals surface area contributed by atoms with E-state index in [0.29, 0.717) is 0 Å². The third-order valence-corrected chi connectivity index (χ3v) is 2.20. The first-order valence-corrected chi connectivity index (χ1v) is 6.33. The van der Waals surface area contributed by atoms with E-state index < -0.39 is 17.7 Å². The highest BCUT2D eigenvalue weighted by molar-refractivity contribution is 5.69. The molecule has 0 atom stereocenters. The minimum absolute atomic E-state index is 0.146. The lowest BCUT2D eigenvalue weighted by atomic mass is 10.1. The molecule has 7 nitrogen and oxygen atoms in total. The van der Waals surface area contributed by atoms with E-state index in [1.807, 2.05) is 0 Å². The van der Waals surface area contributed by atoms with Crippen molar-refractivity contribution in [2.45, 2.75) is 33.2 Å². The van der Waals surface area contributed by atoms with E-state index in [0.717, 1.165) is 0 Å². The number of aliphatic hydroxyl groups excluding tert-OH is 1. The Hall–Kier alpha value is -1.50. The first-order chi connectivity index (χ1) is 8.86. The Morgan fingerprint density at radius 1 is 1.21 bits per heavy atom. The van der Waals surface area contributed by atoms with Crippen LogP contribution in [0.4, 0.5) is 9.59 Å². The quantitative estimate of drug-likeness (QED) is 0.723. The lowest BCUT2D eigenvalue weighted by Crippen LogP contribution is -2.53. The molecule has 0 spiro atoms. The van der Waals surface area contributed by atoms with E-state index in [-0.39, 0.29) is 32.9 Å². The minimum atomic E-state index is -0.686. The second-order valence-electron chi connectivity index (χ2n) is 4.57. The molecule has 0 saturated carbocycles. The number of hydrogen-bond acceptors (Lipinski definition) is 5. The maximum Gasteiger partial charge on any atom is 0.409 e. The van der Waals surface area contributed by atoms with Gasteiger partial charge in [0.15, 0.2) is 0 Å². The third kappa shape index (κ3) is 7.50. The van der Waals surface area contributed by atoms with Gasteiger partial charge in [-0.3, -0.25) is 0 Å². The standard InChI is InChI=1S/C12H24N2O5/c1-5-18-10(16)13-12(3,4)9-14(7-8-15)11(17)19-6-2/h15H,5-9H2,1-4H3,(H,13,16). The van der Waals surface area contributed by atoms with Crippen molar-refractivity contribution in [2.75, 3.05) is 32.9 Å². The molecule has 0 aliphatic carbocycles. The number of aliphatic hydroxyl groups is 1. The van der Waals surface area contributed by atoms with Gasteiger partial charge >= 0.3 is 12.2 Å². The van der Waals surface area contributed by atoms with Crippen molar-refractivity contribution in [3.05, 3.63) is 0 Å². The summed E-state index contributed by atoms with van der Waals surface area (Å²) in [7, 11) is 0. The molecule has 0 saturated heterocycles. The number of carbonyl (C=O) groups excluding carboxylic acids is 2. The maximum absolute atomic E-state index is 11.7. The molecule has 19 heavy (non-hydrogen) atoms. The van der Waals surface area contributed by atoms with Crippen molar-refractivity contribution >= 4 is 12.2 Å². The fourth-order valence-electron chi connectivity index (χ4n) is 1.53. The van der Waals surface area contributed by atoms with Crippen molar-refractivity contribution in [1.82, 2.24) is 10.2 Å². The van der Waals surface area contributed by atoms with Crippen LogP contribution in [0.2, 0.25) is 0 Å². The molecule has 0 fully saturated rings. The molecule has 0 bridgehead atoms. The van der Waals surface area contributed by atoms with E-state index in [9.17, 15) is 9.59 Å². The van der Waals surface area contributed by atoms with Crippen LogP contribution in [0.1, 0.15) is 27.7 Å². The molecule has 2 N–H and O–H groups in total. The third-order valence-electron chi connectivity index (χ3n) is 2.20. The Bertz CT molecular complexity index is 294. The Balaban J connectivity index is 4.53. The highest BCUT2D eigenvalue weighted by Gasteiger charge is 2.27. The zero-order valence-electron chi connectivity index (χ0n) is 12.1. The molecule has 0 radical (unpaired) electrons. The monoisotopic (exact) mass is 276 g/mol. The number of rotatable bonds is 7. The summed E-state index contributed by atoms with van der Waals surface area (Å²) in [4.78, 5) is 24.4. The van der Waals surface area contributed by atoms with Crippen LogP contribution in [0.3, 0.4) is 0 Å². The fraction of sp³-hybridized carbons (Fsp3) is 0.833. The Kier molecular flexibility index (Phi) is 7.90. The summed E-state index contributed by atoms with van der Waals surface area (Å²) < 4.78 is 9.68. The summed E-state index contributed by atoms with van der Waals surface area (Å²) in [6.07, 6.45) is -1.06. The summed E-state index contributed by atoms with van der Waals surface area (Å²) in [6, 6.07) is 0. The molecule has 0 rings (SSSR count). The lowest BCUT2D eigenvalue weighted by Gasteiger charge is -2.32. The predicted molar refractivity (Wildman–Crippen MR) is 69.9 cm³/mol. The van der Waals surface area contributed by atoms with Gasteiger partial charge in [-0.2, -0.15) is 0 Å². The normalized spacial score (nSPS) is 10.8. The van der Waals surface area contributed by atoms with E-state index >= 15 is 0 Å². The van der Waals surface area contributed by atoms with Gasteiger partial charge in [-0.1, -0.05) is 0 Å². The SMILES string of the molecule is CCOC(=O)NC(C)(C)CN(CCO)C(=O)OCC. The van der Waals surface area contributed by atoms with Crippen LogP contribution in [0.5, 0.6) is 0 Å². The molecule has 0 aromatic rings. The van der Waals surface area contributed by atoms with Crippen molar-refractivity contribution in [3.63, 3.8) is 0 Å². The van der Waals surface area contributed by atoms with E-state index in [2.05, 4.69) is 5.32 Å². The summed E-state index contributed by atoms with van der Waals surface area (Å²) >= 11 is 0. The van der Waals surface area contributed by atoms with Crippen LogP contribution in [0, 0.1) is 0 Å². The van der Waals surface area contributed by atoms with Gasteiger partial charge in [-0.15, -0.1) is 0 Å². The average Bonchev–Trinajstić information content (AvgIpc) is 2.27. The molecule has 0 aromatic carbocycles. The molecule has 112 valence electrons. The van der Waals surface area contributed by atoms with Gasteiger partial charge in [0.1, 0.15) is 0 Å². The van der Waals surface area contributed by atoms with Crippen LogP contribution in [0.25, 0.3) is 0 Å². The molecular weight excluding hydrogens is 252 g/mol. The molecular formula is C12H24N2O5. The van der Waals surface area contributed by atoms with Gasteiger partial charge in [-0.05, 0) is 27.7 Å². The van der Waals surface area contributed by atoms with Gasteiger partial charge in [-0.25, -0.2) is 9.59 Å². The summed E-state index contributed by atoms with van der Waals surface area (Å²) in [5, 5.41) is 11.6. The zero-order valence-corrected chi connectivity index (χ0v) is 12.1. The largest absolute Gasteiger partial charge is 0.450 e. The summed E-state index contributed by atoms with van der Waals surface area (Å²) in [5.74, 6) is 0. The van der Waals surface area contributed by atoms with Gasteiger partial charge in [0, 0.05) is 13.1 Å². The smallest absolute Gasteiger partial charge is 0.409 e. The Labute approximate surface area is 113 Å². The first kappa shape index (κ1) is 17.5. The molecule has 0 heterocycles. The first-order valence-electron chi connectivity index (χ1n) is 6.33. The molecule has 0 aliphatic heterocycles. The van der Waals surface area contributed by atoms with Crippen molar-refractivity contribution < 1.29 is 24.2 Å². The zero-order chi connectivity index (χ0) is 14.9. The number of hydrogen-bond donors (Lipinski definition) is 2. The number of nitrogens with zero attached hydrogens (tertiary/aromatic N) is 1. The van der Waals surface area contributed by atoms with Crippen molar-refractivity contribution in [3.8, 4) is 0 Å². The predicted octanol–water partition coefficient (Wildman–Crippen LogP) is 0.962. The van der Waals surface area contributed by atoms with Crippen LogP contribution in [-0.4, -0.2) is 60.6 Å². The van der Waals surface area contributed by atoms with Gasteiger partial charge in [0.25, 0.3) is 0 Å². The van der Waals surface area contributed by atoms with Crippen LogP contribution in [-0.2, 0) is 9.47 Å². The second kappa shape index (κ2) is 8.58. The highest BCUT2D eigenvalue weighted by Crippen LogP contribution is 2.08. The maximum atomic E-state index is 11.7.